The number of amides is 2. The SMILES string of the molecule is CN(CCC(=O)Nc1ccc(C#N)c(Cl)c1)CC(=O)Nc1ccc(N2CCOCC2)cc1. The van der Waals surface area contributed by atoms with E-state index in [4.69, 9.17) is 21.6 Å². The fourth-order valence-electron chi connectivity index (χ4n) is 3.30. The van der Waals surface area contributed by atoms with Crippen LogP contribution in [0.4, 0.5) is 17.1 Å². The van der Waals surface area contributed by atoms with Crippen LogP contribution in [0.1, 0.15) is 12.0 Å². The molecule has 1 aliphatic rings. The Hall–Kier alpha value is -3.12. The highest BCUT2D eigenvalue weighted by Gasteiger charge is 2.13. The predicted octanol–water partition coefficient (Wildman–Crippen LogP) is 2.95. The van der Waals surface area contributed by atoms with Crippen molar-refractivity contribution in [3.63, 3.8) is 0 Å². The van der Waals surface area contributed by atoms with Gasteiger partial charge in [0.25, 0.3) is 0 Å². The van der Waals surface area contributed by atoms with Crippen LogP contribution in [0.5, 0.6) is 0 Å². The van der Waals surface area contributed by atoms with Gasteiger partial charge in [0.15, 0.2) is 0 Å². The van der Waals surface area contributed by atoms with Gasteiger partial charge < -0.3 is 20.3 Å². The van der Waals surface area contributed by atoms with Gasteiger partial charge in [0.2, 0.25) is 11.8 Å². The van der Waals surface area contributed by atoms with Crippen LogP contribution >= 0.6 is 11.6 Å². The van der Waals surface area contributed by atoms with Crippen LogP contribution in [0.25, 0.3) is 0 Å². The summed E-state index contributed by atoms with van der Waals surface area (Å²) in [5, 5.41) is 14.8. The van der Waals surface area contributed by atoms with Gasteiger partial charge in [0.05, 0.1) is 30.3 Å². The van der Waals surface area contributed by atoms with Gasteiger partial charge in [-0.1, -0.05) is 11.6 Å². The summed E-state index contributed by atoms with van der Waals surface area (Å²) in [6.07, 6.45) is 0.218. The van der Waals surface area contributed by atoms with Crippen LogP contribution in [0.3, 0.4) is 0 Å². The summed E-state index contributed by atoms with van der Waals surface area (Å²) >= 11 is 5.98. The number of rotatable bonds is 8. The molecule has 0 spiro atoms. The molecular weight excluding hydrogens is 430 g/mol. The molecule has 9 heteroatoms. The number of ether oxygens (including phenoxy) is 1. The van der Waals surface area contributed by atoms with E-state index < -0.39 is 0 Å². The average molecular weight is 456 g/mol. The molecule has 2 amide bonds. The summed E-state index contributed by atoms with van der Waals surface area (Å²) in [7, 11) is 1.78. The predicted molar refractivity (Wildman–Crippen MR) is 125 cm³/mol. The number of hydrogen-bond acceptors (Lipinski definition) is 6. The lowest BCUT2D eigenvalue weighted by Gasteiger charge is -2.28. The van der Waals surface area contributed by atoms with Gasteiger partial charge in [-0.15, -0.1) is 0 Å². The van der Waals surface area contributed by atoms with Crippen LogP contribution in [0, 0.1) is 11.3 Å². The minimum Gasteiger partial charge on any atom is -0.378 e. The number of likely N-dealkylation sites (N-methyl/N-ethyl adjacent to an activating group) is 1. The molecule has 8 nitrogen and oxygen atoms in total. The Bertz CT molecular complexity index is 984. The number of hydrogen-bond donors (Lipinski definition) is 2. The molecule has 0 unspecified atom stereocenters. The topological polar surface area (TPSA) is 97.7 Å². The Morgan fingerprint density at radius 2 is 1.75 bits per heavy atom. The van der Waals surface area contributed by atoms with Gasteiger partial charge in [-0.25, -0.2) is 0 Å². The Kier molecular flexibility index (Phi) is 8.45. The largest absolute Gasteiger partial charge is 0.378 e. The third-order valence-electron chi connectivity index (χ3n) is 5.03. The second kappa shape index (κ2) is 11.5. The molecule has 0 saturated carbocycles. The lowest BCUT2D eigenvalue weighted by molar-refractivity contribution is -0.119. The zero-order valence-corrected chi connectivity index (χ0v) is 18.7. The van der Waals surface area contributed by atoms with E-state index in [2.05, 4.69) is 15.5 Å². The molecule has 2 aromatic rings. The van der Waals surface area contributed by atoms with Crippen LogP contribution < -0.4 is 15.5 Å². The lowest BCUT2D eigenvalue weighted by atomic mass is 10.2. The molecule has 0 atom stereocenters. The van der Waals surface area contributed by atoms with E-state index in [0.29, 0.717) is 17.8 Å². The number of nitriles is 1. The minimum absolute atomic E-state index is 0.147. The summed E-state index contributed by atoms with van der Waals surface area (Å²) in [5.74, 6) is -0.345. The van der Waals surface area contributed by atoms with E-state index in [9.17, 15) is 9.59 Å². The molecule has 168 valence electrons. The normalized spacial score (nSPS) is 13.5. The maximum atomic E-state index is 12.3. The first-order valence-corrected chi connectivity index (χ1v) is 10.7. The third-order valence-corrected chi connectivity index (χ3v) is 5.35. The molecule has 1 saturated heterocycles. The zero-order chi connectivity index (χ0) is 22.9. The van der Waals surface area contributed by atoms with E-state index in [1.165, 1.54) is 0 Å². The van der Waals surface area contributed by atoms with Gasteiger partial charge in [-0.05, 0) is 49.5 Å². The van der Waals surface area contributed by atoms with Crippen molar-refractivity contribution >= 4 is 40.5 Å². The summed E-state index contributed by atoms with van der Waals surface area (Å²) < 4.78 is 5.37. The number of halogens is 1. The molecule has 1 aliphatic heterocycles. The van der Waals surface area contributed by atoms with Gasteiger partial charge in [0, 0.05) is 43.1 Å². The van der Waals surface area contributed by atoms with Crippen molar-refractivity contribution in [2.45, 2.75) is 6.42 Å². The van der Waals surface area contributed by atoms with Crippen LogP contribution in [-0.2, 0) is 14.3 Å². The van der Waals surface area contributed by atoms with Crippen LogP contribution in [0.15, 0.2) is 42.5 Å². The highest BCUT2D eigenvalue weighted by molar-refractivity contribution is 6.32. The van der Waals surface area contributed by atoms with Gasteiger partial charge in [0.1, 0.15) is 6.07 Å². The summed E-state index contributed by atoms with van der Waals surface area (Å²) in [6.45, 7) is 3.76. The first-order chi connectivity index (χ1) is 15.4. The molecule has 2 N–H and O–H groups in total. The Balaban J connectivity index is 1.40. The lowest BCUT2D eigenvalue weighted by Crippen LogP contribution is -2.36. The fraction of sp³-hybridized carbons (Fsp3) is 0.348. The highest BCUT2D eigenvalue weighted by Crippen LogP contribution is 2.21. The van der Waals surface area contributed by atoms with Gasteiger partial charge in [-0.3, -0.25) is 14.5 Å². The highest BCUT2D eigenvalue weighted by atomic mass is 35.5. The van der Waals surface area contributed by atoms with Crippen molar-refractivity contribution in [1.82, 2.24) is 4.90 Å². The molecule has 3 rings (SSSR count). The number of carbonyl (C=O) groups excluding carboxylic acids is 2. The van der Waals surface area contributed by atoms with Crippen molar-refractivity contribution in [1.29, 1.82) is 5.26 Å². The quantitative estimate of drug-likeness (QED) is 0.635. The Morgan fingerprint density at radius 1 is 1.09 bits per heavy atom. The second-order valence-corrected chi connectivity index (χ2v) is 7.94. The molecule has 0 aliphatic carbocycles. The Morgan fingerprint density at radius 3 is 2.41 bits per heavy atom. The number of nitrogens with zero attached hydrogens (tertiary/aromatic N) is 3. The smallest absolute Gasteiger partial charge is 0.238 e. The third kappa shape index (κ3) is 6.95. The van der Waals surface area contributed by atoms with E-state index in [0.717, 1.165) is 37.7 Å². The van der Waals surface area contributed by atoms with Crippen molar-refractivity contribution in [3.8, 4) is 6.07 Å². The Labute approximate surface area is 192 Å². The number of carbonyl (C=O) groups is 2. The first kappa shape index (κ1) is 23.5. The van der Waals surface area contributed by atoms with Crippen molar-refractivity contribution < 1.29 is 14.3 Å². The van der Waals surface area contributed by atoms with Crippen molar-refractivity contribution in [2.24, 2.45) is 0 Å². The van der Waals surface area contributed by atoms with E-state index in [1.807, 2.05) is 30.3 Å². The van der Waals surface area contributed by atoms with E-state index >= 15 is 0 Å². The maximum Gasteiger partial charge on any atom is 0.238 e. The first-order valence-electron chi connectivity index (χ1n) is 10.4. The van der Waals surface area contributed by atoms with Crippen LogP contribution in [0.2, 0.25) is 5.02 Å². The molecule has 0 bridgehead atoms. The van der Waals surface area contributed by atoms with Crippen molar-refractivity contribution in [3.05, 3.63) is 53.1 Å². The molecule has 32 heavy (non-hydrogen) atoms. The van der Waals surface area contributed by atoms with E-state index in [-0.39, 0.29) is 29.8 Å². The molecular formula is C23H26ClN5O3. The van der Waals surface area contributed by atoms with E-state index in [1.54, 1.807) is 30.1 Å². The molecule has 0 radical (unpaired) electrons. The average Bonchev–Trinajstić information content (AvgIpc) is 2.79. The number of anilines is 3. The maximum absolute atomic E-state index is 12.3. The summed E-state index contributed by atoms with van der Waals surface area (Å²) in [5.41, 5.74) is 2.72. The minimum atomic E-state index is -0.197. The van der Waals surface area contributed by atoms with Gasteiger partial charge >= 0.3 is 0 Å². The summed E-state index contributed by atoms with van der Waals surface area (Å²) in [6, 6.07) is 14.5. The van der Waals surface area contributed by atoms with Crippen molar-refractivity contribution in [2.75, 3.05) is 62.0 Å². The standard InChI is InChI=1S/C23H26ClN5O3/c1-28(9-8-22(30)27-19-3-2-17(15-25)21(24)14-19)16-23(31)26-18-4-6-20(7-5-18)29-10-12-32-13-11-29/h2-7,14H,8-13,16H2,1H3,(H,26,31)(H,27,30). The van der Waals surface area contributed by atoms with Gasteiger partial charge in [-0.2, -0.15) is 5.26 Å². The second-order valence-electron chi connectivity index (χ2n) is 7.54. The zero-order valence-electron chi connectivity index (χ0n) is 17.9. The molecule has 1 fully saturated rings. The molecule has 2 aromatic carbocycles. The summed E-state index contributed by atoms with van der Waals surface area (Å²) in [4.78, 5) is 28.5. The fourth-order valence-corrected chi connectivity index (χ4v) is 3.52. The number of benzene rings is 2. The molecule has 1 heterocycles. The number of nitrogens with one attached hydrogen (secondary N) is 2. The monoisotopic (exact) mass is 455 g/mol. The number of morpholine rings is 1. The van der Waals surface area contributed by atoms with Crippen LogP contribution in [-0.4, -0.2) is 63.2 Å². The molecule has 0 aromatic heterocycles.